The van der Waals surface area contributed by atoms with E-state index in [1.54, 1.807) is 37.3 Å². The lowest BCUT2D eigenvalue weighted by Crippen LogP contribution is -2.19. The molecule has 2 rings (SSSR count). The largest absolute Gasteiger partial charge is 0.433 e. The number of benzene rings is 1. The highest BCUT2D eigenvalue weighted by atomic mass is 16.6. The summed E-state index contributed by atoms with van der Waals surface area (Å²) >= 11 is 0. The molecule has 0 spiro atoms. The minimum atomic E-state index is -0.640. The Labute approximate surface area is 114 Å². The number of hydrazone groups is 1. The molecule has 1 heterocycles. The Balaban J connectivity index is 2.07. The van der Waals surface area contributed by atoms with Crippen molar-refractivity contribution in [3.8, 4) is 0 Å². The Morgan fingerprint density at radius 2 is 1.95 bits per heavy atom. The van der Waals surface area contributed by atoms with E-state index in [2.05, 4.69) is 10.5 Å². The molecule has 2 aromatic rings. The first-order valence-corrected chi connectivity index (χ1v) is 5.72. The van der Waals surface area contributed by atoms with Crippen LogP contribution in [0.25, 0.3) is 0 Å². The SMILES string of the molecule is CC(=NNC(=O)c1ccccc1)c1ccc([N+](=O)[O-])o1. The van der Waals surface area contributed by atoms with E-state index in [9.17, 15) is 14.9 Å². The first-order chi connectivity index (χ1) is 9.58. The highest BCUT2D eigenvalue weighted by Gasteiger charge is 2.13. The minimum absolute atomic E-state index is 0.227. The summed E-state index contributed by atoms with van der Waals surface area (Å²) in [5.74, 6) is -0.514. The summed E-state index contributed by atoms with van der Waals surface area (Å²) in [6.07, 6.45) is 0. The Hall–Kier alpha value is -2.96. The van der Waals surface area contributed by atoms with Gasteiger partial charge in [-0.1, -0.05) is 18.2 Å². The van der Waals surface area contributed by atoms with Gasteiger partial charge in [0.05, 0.1) is 6.07 Å². The first kappa shape index (κ1) is 13.5. The van der Waals surface area contributed by atoms with E-state index in [1.165, 1.54) is 12.1 Å². The van der Waals surface area contributed by atoms with Gasteiger partial charge in [-0.25, -0.2) is 5.43 Å². The molecule has 0 radical (unpaired) electrons. The highest BCUT2D eigenvalue weighted by molar-refractivity contribution is 5.99. The third-order valence-electron chi connectivity index (χ3n) is 2.49. The van der Waals surface area contributed by atoms with Gasteiger partial charge in [0.25, 0.3) is 5.91 Å². The monoisotopic (exact) mass is 273 g/mol. The molecule has 1 aromatic carbocycles. The maximum atomic E-state index is 11.7. The van der Waals surface area contributed by atoms with Gasteiger partial charge in [0.2, 0.25) is 0 Å². The van der Waals surface area contributed by atoms with Crippen molar-refractivity contribution in [1.29, 1.82) is 0 Å². The zero-order valence-corrected chi connectivity index (χ0v) is 10.6. The van der Waals surface area contributed by atoms with Crippen LogP contribution in [0, 0.1) is 10.1 Å². The van der Waals surface area contributed by atoms with Gasteiger partial charge >= 0.3 is 5.88 Å². The van der Waals surface area contributed by atoms with Crippen molar-refractivity contribution >= 4 is 17.5 Å². The lowest BCUT2D eigenvalue weighted by molar-refractivity contribution is -0.402. The molecule has 0 aliphatic heterocycles. The average molecular weight is 273 g/mol. The van der Waals surface area contributed by atoms with Crippen LogP contribution in [0.15, 0.2) is 52.0 Å². The smallest absolute Gasteiger partial charge is 0.399 e. The molecule has 7 nitrogen and oxygen atoms in total. The highest BCUT2D eigenvalue weighted by Crippen LogP contribution is 2.16. The molecule has 0 atom stereocenters. The molecule has 1 aromatic heterocycles. The molecule has 1 amide bonds. The summed E-state index contributed by atoms with van der Waals surface area (Å²) in [6, 6.07) is 11.2. The number of amides is 1. The third-order valence-corrected chi connectivity index (χ3v) is 2.49. The normalized spacial score (nSPS) is 11.2. The second-order valence-electron chi connectivity index (χ2n) is 3.90. The maximum Gasteiger partial charge on any atom is 0.433 e. The Morgan fingerprint density at radius 3 is 2.55 bits per heavy atom. The van der Waals surface area contributed by atoms with Crippen LogP contribution in [0.3, 0.4) is 0 Å². The van der Waals surface area contributed by atoms with E-state index >= 15 is 0 Å². The van der Waals surface area contributed by atoms with Gasteiger partial charge in [-0.2, -0.15) is 5.10 Å². The molecule has 20 heavy (non-hydrogen) atoms. The van der Waals surface area contributed by atoms with Crippen molar-refractivity contribution < 1.29 is 14.1 Å². The van der Waals surface area contributed by atoms with Crippen molar-refractivity contribution in [2.24, 2.45) is 5.10 Å². The topological polar surface area (TPSA) is 97.7 Å². The van der Waals surface area contributed by atoms with Crippen LogP contribution in [-0.2, 0) is 0 Å². The molecule has 0 saturated carbocycles. The van der Waals surface area contributed by atoms with Crippen molar-refractivity contribution in [3.05, 3.63) is 63.9 Å². The van der Waals surface area contributed by atoms with Crippen molar-refractivity contribution in [2.45, 2.75) is 6.92 Å². The molecule has 0 aliphatic rings. The molecule has 102 valence electrons. The molecule has 0 fully saturated rings. The van der Waals surface area contributed by atoms with Crippen LogP contribution in [0.2, 0.25) is 0 Å². The van der Waals surface area contributed by atoms with Gasteiger partial charge in [0.1, 0.15) is 10.6 Å². The number of nitro groups is 1. The predicted molar refractivity (Wildman–Crippen MR) is 71.5 cm³/mol. The zero-order chi connectivity index (χ0) is 14.5. The van der Waals surface area contributed by atoms with Gasteiger partial charge in [-0.15, -0.1) is 0 Å². The zero-order valence-electron chi connectivity index (χ0n) is 10.6. The lowest BCUT2D eigenvalue weighted by atomic mass is 10.2. The molecular weight excluding hydrogens is 262 g/mol. The molecule has 1 N–H and O–H groups in total. The Morgan fingerprint density at radius 1 is 1.25 bits per heavy atom. The number of hydrogen-bond acceptors (Lipinski definition) is 5. The maximum absolute atomic E-state index is 11.7. The summed E-state index contributed by atoms with van der Waals surface area (Å²) in [7, 11) is 0. The van der Waals surface area contributed by atoms with Gasteiger partial charge in [0, 0.05) is 5.56 Å². The van der Waals surface area contributed by atoms with Crippen LogP contribution < -0.4 is 5.43 Å². The summed E-state index contributed by atoms with van der Waals surface area (Å²) in [5.41, 5.74) is 3.16. The molecule has 0 bridgehead atoms. The van der Waals surface area contributed by atoms with Crippen molar-refractivity contribution in [3.63, 3.8) is 0 Å². The van der Waals surface area contributed by atoms with E-state index in [0.29, 0.717) is 11.3 Å². The third kappa shape index (κ3) is 3.08. The standard InChI is InChI=1S/C13H11N3O4/c1-9(11-7-8-12(20-11)16(18)19)14-15-13(17)10-5-3-2-4-6-10/h2-8H,1H3,(H,15,17). The van der Waals surface area contributed by atoms with E-state index in [-0.39, 0.29) is 17.6 Å². The fourth-order valence-corrected chi connectivity index (χ4v) is 1.46. The first-order valence-electron chi connectivity index (χ1n) is 5.72. The molecule has 0 saturated heterocycles. The Kier molecular flexibility index (Phi) is 3.90. The second kappa shape index (κ2) is 5.79. The van der Waals surface area contributed by atoms with Gasteiger partial charge in [-0.3, -0.25) is 14.9 Å². The summed E-state index contributed by atoms with van der Waals surface area (Å²) in [4.78, 5) is 21.6. The van der Waals surface area contributed by atoms with Crippen LogP contribution in [0.4, 0.5) is 5.88 Å². The lowest BCUT2D eigenvalue weighted by Gasteiger charge is -2.00. The van der Waals surface area contributed by atoms with E-state index in [1.807, 2.05) is 0 Å². The average Bonchev–Trinajstić information content (AvgIpc) is 2.95. The fraction of sp³-hybridized carbons (Fsp3) is 0.0769. The van der Waals surface area contributed by atoms with Crippen molar-refractivity contribution in [2.75, 3.05) is 0 Å². The van der Waals surface area contributed by atoms with E-state index in [4.69, 9.17) is 4.42 Å². The fourth-order valence-electron chi connectivity index (χ4n) is 1.46. The molecule has 0 unspecified atom stereocenters. The molecular formula is C13H11N3O4. The van der Waals surface area contributed by atoms with Crippen LogP contribution in [-0.4, -0.2) is 16.5 Å². The Bertz CT molecular complexity index is 661. The van der Waals surface area contributed by atoms with Gasteiger partial charge in [-0.05, 0) is 25.1 Å². The number of furan rings is 1. The molecule has 0 aliphatic carbocycles. The second-order valence-corrected chi connectivity index (χ2v) is 3.90. The van der Waals surface area contributed by atoms with E-state index < -0.39 is 4.92 Å². The van der Waals surface area contributed by atoms with Crippen LogP contribution in [0.1, 0.15) is 23.0 Å². The summed E-state index contributed by atoms with van der Waals surface area (Å²) in [5, 5.41) is 14.3. The van der Waals surface area contributed by atoms with Crippen molar-refractivity contribution in [1.82, 2.24) is 5.43 Å². The van der Waals surface area contributed by atoms with Gasteiger partial charge in [0.15, 0.2) is 5.76 Å². The minimum Gasteiger partial charge on any atom is -0.399 e. The number of nitrogens with one attached hydrogen (secondary N) is 1. The number of carbonyl (C=O) groups excluding carboxylic acids is 1. The summed E-state index contributed by atoms with van der Waals surface area (Å²) < 4.78 is 4.96. The number of nitrogens with zero attached hydrogens (tertiary/aromatic N) is 2. The number of rotatable bonds is 4. The predicted octanol–water partition coefficient (Wildman–Crippen LogP) is 2.34. The quantitative estimate of drug-likeness (QED) is 0.525. The van der Waals surface area contributed by atoms with E-state index in [0.717, 1.165) is 0 Å². The number of hydrogen-bond donors (Lipinski definition) is 1. The van der Waals surface area contributed by atoms with Gasteiger partial charge < -0.3 is 4.42 Å². The summed E-state index contributed by atoms with van der Waals surface area (Å²) in [6.45, 7) is 1.58. The molecule has 7 heteroatoms. The van der Waals surface area contributed by atoms with Crippen LogP contribution in [0.5, 0.6) is 0 Å². The number of carbonyl (C=O) groups is 1. The van der Waals surface area contributed by atoms with Crippen LogP contribution >= 0.6 is 0 Å².